The summed E-state index contributed by atoms with van der Waals surface area (Å²) in [6.45, 7) is 0. The van der Waals surface area contributed by atoms with Crippen molar-refractivity contribution in [2.45, 2.75) is 5.92 Å². The Morgan fingerprint density at radius 1 is 1.16 bits per heavy atom. The fraction of sp³-hybridized carbons (Fsp3) is 0.0435. The highest BCUT2D eigenvalue weighted by molar-refractivity contribution is 5.91. The molecule has 1 heterocycles. The van der Waals surface area contributed by atoms with Gasteiger partial charge in [0.05, 0.1) is 16.4 Å². The van der Waals surface area contributed by atoms with E-state index in [0.717, 1.165) is 6.07 Å². The van der Waals surface area contributed by atoms with Gasteiger partial charge in [-0.05, 0) is 29.8 Å². The molecular weight excluding hydrogens is 417 g/mol. The third kappa shape index (κ3) is 3.85. The molecule has 0 aliphatic carbocycles. The zero-order valence-corrected chi connectivity index (χ0v) is 16.3. The minimum absolute atomic E-state index is 0.00153. The summed E-state index contributed by atoms with van der Waals surface area (Å²) in [7, 11) is 0. The van der Waals surface area contributed by atoms with E-state index in [2.05, 4.69) is 0 Å². The van der Waals surface area contributed by atoms with Crippen molar-refractivity contribution >= 4 is 11.7 Å². The molecule has 158 valence electrons. The number of esters is 1. The number of nitro groups is 1. The highest BCUT2D eigenvalue weighted by Gasteiger charge is 2.31. The number of nitrogens with zero attached hydrogens (tertiary/aromatic N) is 2. The molecule has 1 unspecified atom stereocenters. The average Bonchev–Trinajstić information content (AvgIpc) is 2.78. The molecule has 0 saturated carbocycles. The van der Waals surface area contributed by atoms with Gasteiger partial charge >= 0.3 is 5.97 Å². The number of carbonyl (C=O) groups is 1. The quantitative estimate of drug-likeness (QED) is 0.284. The van der Waals surface area contributed by atoms with Crippen molar-refractivity contribution < 1.29 is 23.6 Å². The van der Waals surface area contributed by atoms with Crippen LogP contribution in [0.2, 0.25) is 0 Å². The maximum atomic E-state index is 13.8. The van der Waals surface area contributed by atoms with Crippen molar-refractivity contribution in [1.29, 1.82) is 5.26 Å². The summed E-state index contributed by atoms with van der Waals surface area (Å²) in [5.41, 5.74) is 6.86. The number of hydrogen-bond acceptors (Lipinski definition) is 7. The first kappa shape index (κ1) is 20.6. The molecule has 0 spiro atoms. The molecule has 8 nitrogen and oxygen atoms in total. The largest absolute Gasteiger partial charge is 0.440 e. The summed E-state index contributed by atoms with van der Waals surface area (Å²) in [6.07, 6.45) is 0. The van der Waals surface area contributed by atoms with Crippen molar-refractivity contribution in [3.63, 3.8) is 0 Å². The Labute approximate surface area is 181 Å². The van der Waals surface area contributed by atoms with Gasteiger partial charge in [-0.25, -0.2) is 9.18 Å². The van der Waals surface area contributed by atoms with E-state index in [1.54, 1.807) is 12.1 Å². The predicted octanol–water partition coefficient (Wildman–Crippen LogP) is 4.17. The third-order valence-electron chi connectivity index (χ3n) is 4.88. The number of carbonyl (C=O) groups excluding carboxylic acids is 1. The number of benzene rings is 3. The molecule has 1 atom stereocenters. The molecule has 32 heavy (non-hydrogen) atoms. The lowest BCUT2D eigenvalue weighted by Crippen LogP contribution is -2.21. The van der Waals surface area contributed by atoms with E-state index in [0.29, 0.717) is 11.1 Å². The Kier molecular flexibility index (Phi) is 5.27. The van der Waals surface area contributed by atoms with Crippen LogP contribution in [-0.4, -0.2) is 10.9 Å². The lowest BCUT2D eigenvalue weighted by molar-refractivity contribution is -0.384. The van der Waals surface area contributed by atoms with Gasteiger partial charge in [0.15, 0.2) is 0 Å². The SMILES string of the molecule is N#CC1=C(N)Oc2cc(OC(=O)c3cccc([N+](=O)[O-])c3)ccc2C1c1cccc(F)c1. The molecule has 1 aliphatic heterocycles. The number of allylic oxidation sites excluding steroid dienone is 1. The van der Waals surface area contributed by atoms with Crippen LogP contribution in [0.4, 0.5) is 10.1 Å². The van der Waals surface area contributed by atoms with Crippen LogP contribution in [0, 0.1) is 27.3 Å². The molecule has 9 heteroatoms. The highest BCUT2D eigenvalue weighted by Crippen LogP contribution is 2.43. The summed E-state index contributed by atoms with van der Waals surface area (Å²) < 4.78 is 24.7. The number of non-ortho nitro benzene ring substituents is 1. The van der Waals surface area contributed by atoms with Gasteiger partial charge in [0.25, 0.3) is 5.69 Å². The monoisotopic (exact) mass is 431 g/mol. The van der Waals surface area contributed by atoms with Crippen molar-refractivity contribution in [3.8, 4) is 17.6 Å². The van der Waals surface area contributed by atoms with Gasteiger partial charge in [0.1, 0.15) is 29.0 Å². The first-order chi connectivity index (χ1) is 15.4. The normalized spacial score (nSPS) is 14.7. The second-order valence-corrected chi connectivity index (χ2v) is 6.88. The molecule has 3 aromatic rings. The standard InChI is InChI=1S/C23H14FN3O5/c24-15-5-1-3-13(9-15)21-18-8-7-17(11-20(18)32-22(26)19(21)12-25)31-23(28)14-4-2-6-16(10-14)27(29)30/h1-11,21H,26H2. The van der Waals surface area contributed by atoms with Gasteiger partial charge < -0.3 is 15.2 Å². The van der Waals surface area contributed by atoms with Crippen LogP contribution >= 0.6 is 0 Å². The van der Waals surface area contributed by atoms with Crippen LogP contribution < -0.4 is 15.2 Å². The van der Waals surface area contributed by atoms with Gasteiger partial charge in [0, 0.05) is 23.8 Å². The molecule has 0 saturated heterocycles. The number of nitrogens with two attached hydrogens (primary N) is 1. The van der Waals surface area contributed by atoms with E-state index in [1.807, 2.05) is 6.07 Å². The molecule has 0 amide bonds. The summed E-state index contributed by atoms with van der Waals surface area (Å²) in [4.78, 5) is 22.7. The Hall–Kier alpha value is -4.71. The zero-order valence-electron chi connectivity index (χ0n) is 16.3. The third-order valence-corrected chi connectivity index (χ3v) is 4.88. The van der Waals surface area contributed by atoms with Crippen LogP contribution in [0.1, 0.15) is 27.4 Å². The van der Waals surface area contributed by atoms with Gasteiger partial charge in [0.2, 0.25) is 5.88 Å². The first-order valence-corrected chi connectivity index (χ1v) is 9.31. The second-order valence-electron chi connectivity index (χ2n) is 6.88. The maximum absolute atomic E-state index is 13.8. The van der Waals surface area contributed by atoms with Gasteiger partial charge in [-0.3, -0.25) is 10.1 Å². The van der Waals surface area contributed by atoms with E-state index in [-0.39, 0.29) is 34.2 Å². The number of rotatable bonds is 4. The Balaban J connectivity index is 1.68. The zero-order chi connectivity index (χ0) is 22.8. The summed E-state index contributed by atoms with van der Waals surface area (Å²) >= 11 is 0. The van der Waals surface area contributed by atoms with Crippen LogP contribution in [0.5, 0.6) is 11.5 Å². The average molecular weight is 431 g/mol. The van der Waals surface area contributed by atoms with E-state index >= 15 is 0 Å². The highest BCUT2D eigenvalue weighted by atomic mass is 19.1. The fourth-order valence-corrected chi connectivity index (χ4v) is 3.44. The molecular formula is C23H14FN3O5. The number of ether oxygens (including phenoxy) is 2. The smallest absolute Gasteiger partial charge is 0.343 e. The Bertz CT molecular complexity index is 1330. The van der Waals surface area contributed by atoms with Crippen LogP contribution in [0.25, 0.3) is 0 Å². The molecule has 0 aromatic heterocycles. The molecule has 3 aromatic carbocycles. The minimum Gasteiger partial charge on any atom is -0.440 e. The van der Waals surface area contributed by atoms with Crippen molar-refractivity contribution in [3.05, 3.63) is 111 Å². The molecule has 2 N–H and O–H groups in total. The molecule has 1 aliphatic rings. The molecule has 0 bridgehead atoms. The van der Waals surface area contributed by atoms with Crippen molar-refractivity contribution in [2.24, 2.45) is 5.73 Å². The maximum Gasteiger partial charge on any atom is 0.343 e. The van der Waals surface area contributed by atoms with Crippen LogP contribution in [0.15, 0.2) is 78.2 Å². The summed E-state index contributed by atoms with van der Waals surface area (Å²) in [6, 6.07) is 17.4. The number of nitriles is 1. The second kappa shape index (κ2) is 8.20. The van der Waals surface area contributed by atoms with E-state index in [9.17, 15) is 24.6 Å². The minimum atomic E-state index is -0.799. The summed E-state index contributed by atoms with van der Waals surface area (Å²) in [5.74, 6) is -1.73. The number of fused-ring (bicyclic) bond motifs is 1. The van der Waals surface area contributed by atoms with Gasteiger partial charge in [-0.2, -0.15) is 5.26 Å². The van der Waals surface area contributed by atoms with Crippen LogP contribution in [0.3, 0.4) is 0 Å². The predicted molar refractivity (Wildman–Crippen MR) is 110 cm³/mol. The Morgan fingerprint density at radius 3 is 2.66 bits per heavy atom. The molecule has 4 rings (SSSR count). The van der Waals surface area contributed by atoms with E-state index in [1.165, 1.54) is 48.5 Å². The van der Waals surface area contributed by atoms with Gasteiger partial charge in [-0.15, -0.1) is 0 Å². The fourth-order valence-electron chi connectivity index (χ4n) is 3.44. The molecule has 0 radical (unpaired) electrons. The first-order valence-electron chi connectivity index (χ1n) is 9.31. The van der Waals surface area contributed by atoms with Crippen molar-refractivity contribution in [1.82, 2.24) is 0 Å². The number of hydrogen-bond donors (Lipinski definition) is 1. The van der Waals surface area contributed by atoms with E-state index in [4.69, 9.17) is 15.2 Å². The number of halogens is 1. The Morgan fingerprint density at radius 2 is 1.94 bits per heavy atom. The lowest BCUT2D eigenvalue weighted by atomic mass is 9.83. The van der Waals surface area contributed by atoms with Crippen molar-refractivity contribution in [2.75, 3.05) is 0 Å². The topological polar surface area (TPSA) is 128 Å². The number of nitro benzene ring substituents is 1. The lowest BCUT2D eigenvalue weighted by Gasteiger charge is -2.26. The van der Waals surface area contributed by atoms with Gasteiger partial charge in [-0.1, -0.05) is 24.3 Å². The van der Waals surface area contributed by atoms with E-state index < -0.39 is 22.6 Å². The summed E-state index contributed by atoms with van der Waals surface area (Å²) in [5, 5.41) is 20.5. The van der Waals surface area contributed by atoms with Crippen LogP contribution in [-0.2, 0) is 0 Å². The molecule has 0 fully saturated rings.